The monoisotopic (exact) mass is 659 g/mol. The fourth-order valence-corrected chi connectivity index (χ4v) is 4.90. The molecular weight excluding hydrogens is 610 g/mol. The van der Waals surface area contributed by atoms with Crippen molar-refractivity contribution in [2.24, 2.45) is 22.4 Å². The summed E-state index contributed by atoms with van der Waals surface area (Å²) in [5.74, 6) is -4.35. The minimum absolute atomic E-state index is 0.0449. The van der Waals surface area contributed by atoms with Crippen molar-refractivity contribution in [3.05, 3.63) is 35.9 Å². The third kappa shape index (κ3) is 14.5. The molecule has 0 radical (unpaired) electrons. The van der Waals surface area contributed by atoms with Crippen LogP contribution in [0.1, 0.15) is 58.4 Å². The van der Waals surface area contributed by atoms with Crippen LogP contribution in [0, 0.1) is 5.92 Å². The number of hydrogen-bond donors (Lipinski definition) is 9. The lowest BCUT2D eigenvalue weighted by Gasteiger charge is -2.25. The van der Waals surface area contributed by atoms with Gasteiger partial charge in [0, 0.05) is 13.0 Å². The lowest BCUT2D eigenvalue weighted by Crippen LogP contribution is -2.57. The molecule has 2 rings (SSSR count). The van der Waals surface area contributed by atoms with E-state index in [4.69, 9.17) is 11.5 Å². The summed E-state index contributed by atoms with van der Waals surface area (Å²) in [6.45, 7) is 5.39. The van der Waals surface area contributed by atoms with E-state index in [2.05, 4.69) is 36.9 Å². The number of carbonyl (C=O) groups is 6. The largest absolute Gasteiger partial charge is 0.480 e. The van der Waals surface area contributed by atoms with Crippen molar-refractivity contribution in [3.8, 4) is 0 Å². The van der Waals surface area contributed by atoms with Gasteiger partial charge in [0.2, 0.25) is 29.5 Å². The summed E-state index contributed by atoms with van der Waals surface area (Å²) < 4.78 is 0. The topological polar surface area (TPSA) is 259 Å². The van der Waals surface area contributed by atoms with Gasteiger partial charge in [-0.25, -0.2) is 0 Å². The third-order valence-corrected chi connectivity index (χ3v) is 7.38. The molecule has 1 aliphatic heterocycles. The van der Waals surface area contributed by atoms with E-state index in [1.54, 1.807) is 0 Å². The second-order valence-electron chi connectivity index (χ2n) is 11.9. The second kappa shape index (κ2) is 19.7. The van der Waals surface area contributed by atoms with Gasteiger partial charge in [0.05, 0.1) is 12.6 Å². The van der Waals surface area contributed by atoms with Crippen LogP contribution in [0.3, 0.4) is 0 Å². The van der Waals surface area contributed by atoms with Crippen LogP contribution in [-0.4, -0.2) is 96.4 Å². The standard InChI is InChI=1S/C31H49N9O7/c1-18(2)15-23(29(45)39-22(12-8-14-35-31(32)33)28(44)37-19(3)30(46)47)38-25(41)17-36-26(42)24(16-20-9-5-4-6-10-20)40-27(43)21-11-7-13-34-21/h4-6,9-10,18-19,21-24,34H,7-8,11-17H2,1-3H3,(H,36,42)(H,37,44)(H,38,41)(H,39,45)(H,40,43)(H,46,47)(H4,32,33,35)/t19-,21-,22-,23-,24-/m0/s1. The van der Waals surface area contributed by atoms with E-state index in [-0.39, 0.29) is 43.6 Å². The molecule has 1 aliphatic rings. The number of carbonyl (C=O) groups excluding carboxylic acids is 5. The van der Waals surface area contributed by atoms with Crippen molar-refractivity contribution < 1.29 is 33.9 Å². The van der Waals surface area contributed by atoms with Gasteiger partial charge >= 0.3 is 5.97 Å². The summed E-state index contributed by atoms with van der Waals surface area (Å²) in [4.78, 5) is 80.4. The van der Waals surface area contributed by atoms with Gasteiger partial charge in [0.25, 0.3) is 0 Å². The first kappa shape index (κ1) is 38.5. The van der Waals surface area contributed by atoms with E-state index in [0.717, 1.165) is 12.0 Å². The normalized spacial score (nSPS) is 16.6. The van der Waals surface area contributed by atoms with Crippen LogP contribution in [0.25, 0.3) is 0 Å². The maximum absolute atomic E-state index is 13.4. The Morgan fingerprint density at radius 1 is 0.915 bits per heavy atom. The minimum atomic E-state index is -1.25. The number of carboxylic acid groups (broad SMARTS) is 1. The molecule has 11 N–H and O–H groups in total. The summed E-state index contributed by atoms with van der Waals surface area (Å²) in [6.07, 6.45) is 2.31. The minimum Gasteiger partial charge on any atom is -0.480 e. The molecule has 0 unspecified atom stereocenters. The van der Waals surface area contributed by atoms with Gasteiger partial charge in [-0.05, 0) is 57.1 Å². The lowest BCUT2D eigenvalue weighted by atomic mass is 10.0. The van der Waals surface area contributed by atoms with Crippen LogP contribution in [-0.2, 0) is 35.2 Å². The molecule has 1 fully saturated rings. The Labute approximate surface area is 274 Å². The van der Waals surface area contributed by atoms with E-state index >= 15 is 0 Å². The zero-order valence-electron chi connectivity index (χ0n) is 27.2. The smallest absolute Gasteiger partial charge is 0.325 e. The molecule has 16 nitrogen and oxygen atoms in total. The Morgan fingerprint density at radius 2 is 1.60 bits per heavy atom. The molecule has 1 heterocycles. The molecule has 1 aromatic carbocycles. The maximum Gasteiger partial charge on any atom is 0.325 e. The average Bonchev–Trinajstić information content (AvgIpc) is 3.56. The summed E-state index contributed by atoms with van der Waals surface area (Å²) >= 11 is 0. The number of hydrogen-bond acceptors (Lipinski definition) is 8. The highest BCUT2D eigenvalue weighted by molar-refractivity contribution is 5.95. The van der Waals surface area contributed by atoms with Crippen molar-refractivity contribution in [2.75, 3.05) is 19.6 Å². The maximum atomic E-state index is 13.4. The van der Waals surface area contributed by atoms with Crippen molar-refractivity contribution in [3.63, 3.8) is 0 Å². The number of carboxylic acids is 1. The van der Waals surface area contributed by atoms with Crippen LogP contribution >= 0.6 is 0 Å². The number of aliphatic imine (C=N–C) groups is 1. The van der Waals surface area contributed by atoms with Gasteiger partial charge in [-0.1, -0.05) is 44.2 Å². The summed E-state index contributed by atoms with van der Waals surface area (Å²) in [7, 11) is 0. The van der Waals surface area contributed by atoms with Gasteiger partial charge in [0.1, 0.15) is 24.2 Å². The van der Waals surface area contributed by atoms with Crippen LogP contribution in [0.4, 0.5) is 0 Å². The molecule has 5 amide bonds. The number of rotatable bonds is 19. The Balaban J connectivity index is 2.08. The Kier molecular flexibility index (Phi) is 16.1. The quantitative estimate of drug-likeness (QED) is 0.0459. The first-order valence-electron chi connectivity index (χ1n) is 15.8. The zero-order valence-corrected chi connectivity index (χ0v) is 27.2. The molecule has 1 aromatic rings. The van der Waals surface area contributed by atoms with E-state index < -0.39 is 66.4 Å². The molecule has 0 aromatic heterocycles. The van der Waals surface area contributed by atoms with Crippen molar-refractivity contribution in [1.82, 2.24) is 31.9 Å². The summed E-state index contributed by atoms with van der Waals surface area (Å²) in [5, 5.41) is 25.2. The predicted octanol–water partition coefficient (Wildman–Crippen LogP) is -1.76. The summed E-state index contributed by atoms with van der Waals surface area (Å²) in [6, 6.07) is 4.39. The highest BCUT2D eigenvalue weighted by atomic mass is 16.4. The Hall–Kier alpha value is -4.73. The number of aliphatic carboxylic acids is 1. The number of benzene rings is 1. The molecule has 0 saturated carbocycles. The number of amides is 5. The molecule has 5 atom stereocenters. The third-order valence-electron chi connectivity index (χ3n) is 7.38. The lowest BCUT2D eigenvalue weighted by molar-refractivity contribution is -0.141. The predicted molar refractivity (Wildman–Crippen MR) is 175 cm³/mol. The van der Waals surface area contributed by atoms with E-state index in [9.17, 15) is 33.9 Å². The van der Waals surface area contributed by atoms with Gasteiger partial charge < -0.3 is 48.5 Å². The van der Waals surface area contributed by atoms with E-state index in [1.165, 1.54) is 6.92 Å². The number of nitrogens with zero attached hydrogens (tertiary/aromatic N) is 1. The van der Waals surface area contributed by atoms with Gasteiger partial charge in [-0.15, -0.1) is 0 Å². The SMILES string of the molecule is CC(C)C[C@H](NC(=O)CNC(=O)[C@H](Cc1ccccc1)NC(=O)[C@@H]1CCCN1)C(=O)N[C@@H](CCCN=C(N)N)C(=O)N[C@@H](C)C(=O)O. The highest BCUT2D eigenvalue weighted by Crippen LogP contribution is 2.09. The van der Waals surface area contributed by atoms with Crippen molar-refractivity contribution in [2.45, 2.75) is 89.5 Å². The van der Waals surface area contributed by atoms with E-state index in [0.29, 0.717) is 19.4 Å². The first-order chi connectivity index (χ1) is 22.3. The number of nitrogens with one attached hydrogen (secondary N) is 6. The van der Waals surface area contributed by atoms with Gasteiger partial charge in [-0.2, -0.15) is 0 Å². The average molecular weight is 660 g/mol. The van der Waals surface area contributed by atoms with Crippen LogP contribution in [0.5, 0.6) is 0 Å². The summed E-state index contributed by atoms with van der Waals surface area (Å²) in [5.41, 5.74) is 11.5. The van der Waals surface area contributed by atoms with Gasteiger partial charge in [-0.3, -0.25) is 33.8 Å². The molecule has 260 valence electrons. The van der Waals surface area contributed by atoms with Crippen LogP contribution < -0.4 is 43.4 Å². The fraction of sp³-hybridized carbons (Fsp3) is 0.581. The van der Waals surface area contributed by atoms with Crippen LogP contribution in [0.2, 0.25) is 0 Å². The molecular formula is C31H49N9O7. The highest BCUT2D eigenvalue weighted by Gasteiger charge is 2.30. The van der Waals surface area contributed by atoms with E-state index in [1.807, 2.05) is 44.2 Å². The first-order valence-corrected chi connectivity index (χ1v) is 15.8. The Morgan fingerprint density at radius 3 is 2.19 bits per heavy atom. The Bertz CT molecular complexity index is 1250. The number of guanidine groups is 1. The molecule has 47 heavy (non-hydrogen) atoms. The molecule has 0 spiro atoms. The van der Waals surface area contributed by atoms with Crippen molar-refractivity contribution >= 4 is 41.5 Å². The second-order valence-corrected chi connectivity index (χ2v) is 11.9. The molecule has 0 bridgehead atoms. The zero-order chi connectivity index (χ0) is 34.9. The van der Waals surface area contributed by atoms with Crippen LogP contribution in [0.15, 0.2) is 35.3 Å². The van der Waals surface area contributed by atoms with Crippen molar-refractivity contribution in [1.29, 1.82) is 0 Å². The number of nitrogens with two attached hydrogens (primary N) is 2. The molecule has 16 heteroatoms. The molecule has 1 saturated heterocycles. The van der Waals surface area contributed by atoms with Gasteiger partial charge in [0.15, 0.2) is 5.96 Å². The molecule has 0 aliphatic carbocycles. The fourth-order valence-electron chi connectivity index (χ4n) is 4.90.